The first kappa shape index (κ1) is 14.3. The fourth-order valence-electron chi connectivity index (χ4n) is 1.69. The molecule has 0 heterocycles. The highest BCUT2D eigenvalue weighted by atomic mass is 16.4. The molecule has 1 saturated carbocycles. The lowest BCUT2D eigenvalue weighted by atomic mass is 10.3. The number of nitrogens with zero attached hydrogens (tertiary/aromatic N) is 2. The van der Waals surface area contributed by atoms with Gasteiger partial charge in [-0.15, -0.1) is 0 Å². The highest BCUT2D eigenvalue weighted by Crippen LogP contribution is 2.27. The van der Waals surface area contributed by atoms with Gasteiger partial charge < -0.3 is 20.6 Å². The zero-order chi connectivity index (χ0) is 13.9. The third kappa shape index (κ3) is 3.90. The van der Waals surface area contributed by atoms with Crippen LogP contribution in [0, 0.1) is 0 Å². The van der Waals surface area contributed by atoms with Gasteiger partial charge >= 0.3 is 12.0 Å². The Kier molecular flexibility index (Phi) is 4.52. The van der Waals surface area contributed by atoms with Gasteiger partial charge in [0.05, 0.1) is 0 Å². The molecule has 0 aromatic heterocycles. The summed E-state index contributed by atoms with van der Waals surface area (Å²) in [7, 11) is 0. The second-order valence-corrected chi connectivity index (χ2v) is 4.72. The molecule has 0 saturated heterocycles. The van der Waals surface area contributed by atoms with Gasteiger partial charge in [0.25, 0.3) is 0 Å². The summed E-state index contributed by atoms with van der Waals surface area (Å²) in [4.78, 5) is 36.5. The molecule has 1 fully saturated rings. The van der Waals surface area contributed by atoms with Crippen LogP contribution in [0.4, 0.5) is 4.79 Å². The van der Waals surface area contributed by atoms with Gasteiger partial charge in [-0.3, -0.25) is 9.59 Å². The number of amides is 3. The zero-order valence-corrected chi connectivity index (χ0v) is 10.6. The lowest BCUT2D eigenvalue weighted by Crippen LogP contribution is -2.51. The Bertz CT molecular complexity index is 328. The lowest BCUT2D eigenvalue weighted by Gasteiger charge is -2.31. The minimum absolute atomic E-state index is 0.0253. The summed E-state index contributed by atoms with van der Waals surface area (Å²) in [6, 6.07) is -0.670. The van der Waals surface area contributed by atoms with Gasteiger partial charge in [-0.2, -0.15) is 0 Å². The smallest absolute Gasteiger partial charge is 0.323 e. The number of carbonyl (C=O) groups excluding carboxylic acids is 2. The molecular formula is C11H19N3O4. The van der Waals surface area contributed by atoms with Gasteiger partial charge in [0.1, 0.15) is 13.1 Å². The predicted octanol–water partition coefficient (Wildman–Crippen LogP) is -0.149. The normalized spacial score (nSPS) is 14.4. The van der Waals surface area contributed by atoms with Crippen LogP contribution in [0.5, 0.6) is 0 Å². The van der Waals surface area contributed by atoms with Crippen LogP contribution in [0.15, 0.2) is 0 Å². The van der Waals surface area contributed by atoms with Crippen molar-refractivity contribution in [3.05, 3.63) is 0 Å². The van der Waals surface area contributed by atoms with Crippen molar-refractivity contribution in [2.45, 2.75) is 38.8 Å². The Morgan fingerprint density at radius 1 is 1.28 bits per heavy atom. The van der Waals surface area contributed by atoms with Crippen LogP contribution in [0.3, 0.4) is 0 Å². The van der Waals surface area contributed by atoms with Crippen LogP contribution >= 0.6 is 0 Å². The fourth-order valence-corrected chi connectivity index (χ4v) is 1.69. The molecule has 1 aliphatic carbocycles. The number of carboxylic acids is 1. The van der Waals surface area contributed by atoms with Crippen molar-refractivity contribution in [1.82, 2.24) is 9.80 Å². The van der Waals surface area contributed by atoms with Crippen molar-refractivity contribution in [3.8, 4) is 0 Å². The average Bonchev–Trinajstić information content (AvgIpc) is 3.04. The number of hydrogen-bond acceptors (Lipinski definition) is 3. The first-order valence-corrected chi connectivity index (χ1v) is 5.90. The molecular weight excluding hydrogens is 238 g/mol. The topological polar surface area (TPSA) is 104 Å². The Hall–Kier alpha value is -1.79. The number of rotatable bonds is 6. The molecule has 7 nitrogen and oxygen atoms in total. The van der Waals surface area contributed by atoms with Crippen molar-refractivity contribution in [2.75, 3.05) is 13.1 Å². The van der Waals surface area contributed by atoms with Gasteiger partial charge in [-0.25, -0.2) is 4.79 Å². The molecule has 18 heavy (non-hydrogen) atoms. The predicted molar refractivity (Wildman–Crippen MR) is 63.8 cm³/mol. The van der Waals surface area contributed by atoms with Crippen LogP contribution < -0.4 is 5.73 Å². The van der Waals surface area contributed by atoms with Crippen LogP contribution in [0.1, 0.15) is 26.7 Å². The van der Waals surface area contributed by atoms with E-state index >= 15 is 0 Å². The first-order chi connectivity index (χ1) is 8.32. The molecule has 102 valence electrons. The molecule has 0 radical (unpaired) electrons. The molecule has 1 aliphatic rings. The number of aliphatic carboxylic acids is 1. The van der Waals surface area contributed by atoms with E-state index in [-0.39, 0.29) is 25.2 Å². The quantitative estimate of drug-likeness (QED) is 0.690. The fraction of sp³-hybridized carbons (Fsp3) is 0.727. The highest BCUT2D eigenvalue weighted by molar-refractivity contribution is 5.85. The summed E-state index contributed by atoms with van der Waals surface area (Å²) in [6.45, 7) is 2.98. The van der Waals surface area contributed by atoms with Gasteiger partial charge in [-0.1, -0.05) is 0 Å². The largest absolute Gasteiger partial charge is 0.480 e. The maximum absolute atomic E-state index is 12.2. The van der Waals surface area contributed by atoms with E-state index in [0.29, 0.717) is 0 Å². The molecule has 0 aliphatic heterocycles. The van der Waals surface area contributed by atoms with Crippen LogP contribution in [0.2, 0.25) is 0 Å². The standard InChI is InChI=1S/C11H19N3O4/c1-7(2)13(5-9(12)15)11(18)14(6-10(16)17)8-3-4-8/h7-8H,3-6H2,1-2H3,(H2,12,15)(H,16,17). The minimum Gasteiger partial charge on any atom is -0.480 e. The van der Waals surface area contributed by atoms with E-state index in [1.54, 1.807) is 13.8 Å². The first-order valence-electron chi connectivity index (χ1n) is 5.90. The molecule has 0 unspecified atom stereocenters. The summed E-state index contributed by atoms with van der Waals surface area (Å²) in [5, 5.41) is 8.81. The molecule has 0 bridgehead atoms. The molecule has 1 rings (SSSR count). The molecule has 0 aromatic carbocycles. The molecule has 0 spiro atoms. The van der Waals surface area contributed by atoms with Gasteiger partial charge in [0.15, 0.2) is 0 Å². The number of hydrogen-bond donors (Lipinski definition) is 2. The van der Waals surface area contributed by atoms with Crippen molar-refractivity contribution >= 4 is 17.9 Å². The molecule has 3 N–H and O–H groups in total. The third-order valence-electron chi connectivity index (χ3n) is 2.73. The van der Waals surface area contributed by atoms with E-state index < -0.39 is 17.9 Å². The Morgan fingerprint density at radius 2 is 1.83 bits per heavy atom. The second kappa shape index (κ2) is 5.70. The monoisotopic (exact) mass is 257 g/mol. The maximum atomic E-state index is 12.2. The molecule has 7 heteroatoms. The van der Waals surface area contributed by atoms with Crippen molar-refractivity contribution in [1.29, 1.82) is 0 Å². The zero-order valence-electron chi connectivity index (χ0n) is 10.6. The maximum Gasteiger partial charge on any atom is 0.323 e. The Balaban J connectivity index is 2.77. The van der Waals surface area contributed by atoms with E-state index in [2.05, 4.69) is 0 Å². The van der Waals surface area contributed by atoms with Crippen molar-refractivity contribution in [2.24, 2.45) is 5.73 Å². The van der Waals surface area contributed by atoms with E-state index in [1.807, 2.05) is 0 Å². The minimum atomic E-state index is -1.06. The summed E-state index contributed by atoms with van der Waals surface area (Å²) in [5.74, 6) is -1.67. The van der Waals surface area contributed by atoms with E-state index in [9.17, 15) is 14.4 Å². The summed E-state index contributed by atoms with van der Waals surface area (Å²) < 4.78 is 0. The summed E-state index contributed by atoms with van der Waals surface area (Å²) >= 11 is 0. The highest BCUT2D eigenvalue weighted by Gasteiger charge is 2.37. The number of urea groups is 1. The summed E-state index contributed by atoms with van der Waals surface area (Å²) in [6.07, 6.45) is 1.61. The third-order valence-corrected chi connectivity index (χ3v) is 2.73. The van der Waals surface area contributed by atoms with Gasteiger partial charge in [0.2, 0.25) is 5.91 Å². The second-order valence-electron chi connectivity index (χ2n) is 4.72. The number of nitrogens with two attached hydrogens (primary N) is 1. The molecule has 0 atom stereocenters. The number of carbonyl (C=O) groups is 3. The van der Waals surface area contributed by atoms with Gasteiger partial charge in [-0.05, 0) is 26.7 Å². The number of carboxylic acid groups (broad SMARTS) is 1. The van der Waals surface area contributed by atoms with Crippen LogP contribution in [-0.2, 0) is 9.59 Å². The number of primary amides is 1. The Labute approximate surface area is 106 Å². The van der Waals surface area contributed by atoms with Gasteiger partial charge in [0, 0.05) is 12.1 Å². The van der Waals surface area contributed by atoms with Crippen molar-refractivity contribution < 1.29 is 19.5 Å². The van der Waals surface area contributed by atoms with Crippen LogP contribution in [0.25, 0.3) is 0 Å². The summed E-state index contributed by atoms with van der Waals surface area (Å²) in [5.41, 5.74) is 5.09. The van der Waals surface area contributed by atoms with E-state index in [1.165, 1.54) is 9.80 Å². The average molecular weight is 257 g/mol. The SMILES string of the molecule is CC(C)N(CC(N)=O)C(=O)N(CC(=O)O)C1CC1. The van der Waals surface area contributed by atoms with E-state index in [0.717, 1.165) is 12.8 Å². The van der Waals surface area contributed by atoms with E-state index in [4.69, 9.17) is 10.8 Å². The van der Waals surface area contributed by atoms with Crippen LogP contribution in [-0.4, -0.2) is 58.0 Å². The van der Waals surface area contributed by atoms with Crippen molar-refractivity contribution in [3.63, 3.8) is 0 Å². The lowest BCUT2D eigenvalue weighted by molar-refractivity contribution is -0.137. The molecule has 3 amide bonds. The Morgan fingerprint density at radius 3 is 2.17 bits per heavy atom. The molecule has 0 aromatic rings.